The zero-order chi connectivity index (χ0) is 25.7. The molecule has 0 amide bonds. The molecule has 2 aliphatic heterocycles. The zero-order valence-corrected chi connectivity index (χ0v) is 21.9. The van der Waals surface area contributed by atoms with Crippen LogP contribution >= 0.6 is 0 Å². The summed E-state index contributed by atoms with van der Waals surface area (Å²) in [6, 6.07) is 0. The molecule has 0 aliphatic carbocycles. The topological polar surface area (TPSA) is 123 Å². The van der Waals surface area contributed by atoms with E-state index in [1.54, 1.807) is 39.7 Å². The lowest BCUT2D eigenvalue weighted by molar-refractivity contribution is -0.482. The second kappa shape index (κ2) is 9.00. The Kier molecular flexibility index (Phi) is 7.76. The number of rotatable bonds is 7. The molecule has 33 heavy (non-hydrogen) atoms. The van der Waals surface area contributed by atoms with Crippen LogP contribution in [0.3, 0.4) is 0 Å². The van der Waals surface area contributed by atoms with Crippen LogP contribution in [0.4, 0.5) is 0 Å². The SMILES string of the molecule is CCOC(=O)C1(CCCO)CC(C)(C)N(O)C(C)(C)C1(O)ON1C(C)(C)CC(O)CC1(C)C. The van der Waals surface area contributed by atoms with Crippen molar-refractivity contribution in [2.45, 2.75) is 128 Å². The van der Waals surface area contributed by atoms with Crippen molar-refractivity contribution in [2.75, 3.05) is 13.2 Å². The van der Waals surface area contributed by atoms with Gasteiger partial charge in [-0.25, -0.2) is 0 Å². The molecule has 0 saturated carbocycles. The third-order valence-electron chi connectivity index (χ3n) is 7.54. The molecule has 194 valence electrons. The maximum absolute atomic E-state index is 13.6. The number of ether oxygens (including phenoxy) is 1. The molecule has 4 N–H and O–H groups in total. The Labute approximate surface area is 198 Å². The molecule has 2 heterocycles. The predicted octanol–water partition coefficient (Wildman–Crippen LogP) is 2.59. The van der Waals surface area contributed by atoms with Crippen molar-refractivity contribution in [1.29, 1.82) is 0 Å². The highest BCUT2D eigenvalue weighted by molar-refractivity contribution is 5.79. The van der Waals surface area contributed by atoms with E-state index >= 15 is 0 Å². The number of esters is 1. The summed E-state index contributed by atoms with van der Waals surface area (Å²) in [5.41, 5.74) is -5.28. The molecule has 0 aromatic rings. The van der Waals surface area contributed by atoms with Crippen molar-refractivity contribution in [1.82, 2.24) is 10.1 Å². The number of hydrogen-bond acceptors (Lipinski definition) is 9. The average Bonchev–Trinajstić information content (AvgIpc) is 2.65. The van der Waals surface area contributed by atoms with E-state index in [1.807, 2.05) is 27.7 Å². The second-order valence-electron chi connectivity index (χ2n) is 12.2. The van der Waals surface area contributed by atoms with Crippen LogP contribution < -0.4 is 0 Å². The predicted molar refractivity (Wildman–Crippen MR) is 123 cm³/mol. The summed E-state index contributed by atoms with van der Waals surface area (Å²) in [4.78, 5) is 20.2. The highest BCUT2D eigenvalue weighted by atomic mass is 16.8. The van der Waals surface area contributed by atoms with Crippen molar-refractivity contribution in [2.24, 2.45) is 5.41 Å². The molecule has 9 heteroatoms. The molecule has 2 saturated heterocycles. The number of piperidine rings is 2. The first-order valence-electron chi connectivity index (χ1n) is 12.0. The molecule has 2 unspecified atom stereocenters. The van der Waals surface area contributed by atoms with Gasteiger partial charge in [0.25, 0.3) is 0 Å². The van der Waals surface area contributed by atoms with Gasteiger partial charge >= 0.3 is 5.97 Å². The maximum Gasteiger partial charge on any atom is 0.317 e. The van der Waals surface area contributed by atoms with Gasteiger partial charge in [0.1, 0.15) is 5.41 Å². The van der Waals surface area contributed by atoms with E-state index in [4.69, 9.17) is 9.57 Å². The van der Waals surface area contributed by atoms with Crippen molar-refractivity contribution in [3.8, 4) is 0 Å². The Balaban J connectivity index is 2.76. The number of carbonyl (C=O) groups is 1. The molecule has 0 aromatic carbocycles. The quantitative estimate of drug-likeness (QED) is 0.326. The molecule has 2 atom stereocenters. The summed E-state index contributed by atoms with van der Waals surface area (Å²) in [5, 5.41) is 46.6. The average molecular weight is 475 g/mol. The van der Waals surface area contributed by atoms with E-state index in [0.29, 0.717) is 12.8 Å². The summed E-state index contributed by atoms with van der Waals surface area (Å²) in [6.45, 7) is 16.2. The van der Waals surface area contributed by atoms with Crippen LogP contribution in [0.15, 0.2) is 0 Å². The van der Waals surface area contributed by atoms with Crippen molar-refractivity contribution in [3.63, 3.8) is 0 Å². The van der Waals surface area contributed by atoms with Crippen LogP contribution in [-0.2, 0) is 14.4 Å². The van der Waals surface area contributed by atoms with Gasteiger partial charge in [0, 0.05) is 23.2 Å². The normalized spacial score (nSPS) is 34.2. The fraction of sp³-hybridized carbons (Fsp3) is 0.958. The van der Waals surface area contributed by atoms with Gasteiger partial charge in [0.2, 0.25) is 5.79 Å². The van der Waals surface area contributed by atoms with Gasteiger partial charge in [0.05, 0.1) is 18.2 Å². The number of carbonyl (C=O) groups excluding carboxylic acids is 1. The van der Waals surface area contributed by atoms with Crippen molar-refractivity contribution < 1.29 is 34.9 Å². The number of hydrogen-bond donors (Lipinski definition) is 4. The minimum atomic E-state index is -2.22. The Morgan fingerprint density at radius 1 is 1.00 bits per heavy atom. The lowest BCUT2D eigenvalue weighted by Gasteiger charge is -2.66. The Hall–Kier alpha value is -0.810. The smallest absolute Gasteiger partial charge is 0.317 e. The van der Waals surface area contributed by atoms with Gasteiger partial charge < -0.3 is 25.3 Å². The van der Waals surface area contributed by atoms with Crippen molar-refractivity contribution >= 4 is 5.97 Å². The largest absolute Gasteiger partial charge is 0.465 e. The molecular formula is C24H46N2O7. The van der Waals surface area contributed by atoms with Gasteiger partial charge in [-0.15, -0.1) is 0 Å². The molecule has 0 spiro atoms. The summed E-state index contributed by atoms with van der Waals surface area (Å²) in [7, 11) is 0. The molecule has 0 bridgehead atoms. The van der Waals surface area contributed by atoms with E-state index in [-0.39, 0.29) is 32.5 Å². The van der Waals surface area contributed by atoms with E-state index in [9.17, 15) is 25.3 Å². The van der Waals surface area contributed by atoms with E-state index in [1.165, 1.54) is 0 Å². The molecule has 2 rings (SSSR count). The first-order valence-corrected chi connectivity index (χ1v) is 12.0. The summed E-state index contributed by atoms with van der Waals surface area (Å²) in [6.07, 6.45) is 0.674. The van der Waals surface area contributed by atoms with Gasteiger partial charge in [0.15, 0.2) is 0 Å². The van der Waals surface area contributed by atoms with Crippen LogP contribution in [0.2, 0.25) is 0 Å². The zero-order valence-electron chi connectivity index (χ0n) is 21.9. The van der Waals surface area contributed by atoms with E-state index < -0.39 is 45.4 Å². The van der Waals surface area contributed by atoms with Crippen LogP contribution in [0.25, 0.3) is 0 Å². The van der Waals surface area contributed by atoms with Gasteiger partial charge in [-0.1, -0.05) is 0 Å². The van der Waals surface area contributed by atoms with Crippen LogP contribution in [-0.4, -0.2) is 83.9 Å². The molecule has 0 radical (unpaired) electrons. The molecule has 2 fully saturated rings. The maximum atomic E-state index is 13.6. The van der Waals surface area contributed by atoms with Crippen LogP contribution in [0, 0.1) is 5.41 Å². The van der Waals surface area contributed by atoms with Crippen LogP contribution in [0.5, 0.6) is 0 Å². The Bertz CT molecular complexity index is 706. The minimum absolute atomic E-state index is 0.0482. The minimum Gasteiger partial charge on any atom is -0.465 e. The number of nitrogens with zero attached hydrogens (tertiary/aromatic N) is 2. The number of hydroxylamine groups is 4. The summed E-state index contributed by atoms with van der Waals surface area (Å²) >= 11 is 0. The Morgan fingerprint density at radius 3 is 1.97 bits per heavy atom. The van der Waals surface area contributed by atoms with E-state index in [2.05, 4.69) is 0 Å². The second-order valence-corrected chi connectivity index (χ2v) is 12.2. The third-order valence-corrected chi connectivity index (χ3v) is 7.54. The fourth-order valence-corrected chi connectivity index (χ4v) is 6.43. The monoisotopic (exact) mass is 474 g/mol. The Morgan fingerprint density at radius 2 is 1.52 bits per heavy atom. The first-order chi connectivity index (χ1) is 14.8. The van der Waals surface area contributed by atoms with Gasteiger partial charge in [-0.05, 0) is 94.4 Å². The van der Waals surface area contributed by atoms with Gasteiger partial charge in [-0.3, -0.25) is 9.63 Å². The molecule has 9 nitrogen and oxygen atoms in total. The van der Waals surface area contributed by atoms with Gasteiger partial charge in [-0.2, -0.15) is 10.1 Å². The number of aliphatic hydroxyl groups is 3. The molecule has 2 aliphatic rings. The summed E-state index contributed by atoms with van der Waals surface area (Å²) in [5.74, 6) is -2.84. The van der Waals surface area contributed by atoms with Crippen molar-refractivity contribution in [3.05, 3.63) is 0 Å². The highest BCUT2D eigenvalue weighted by Gasteiger charge is 2.74. The highest BCUT2D eigenvalue weighted by Crippen LogP contribution is 2.58. The first kappa shape index (κ1) is 28.4. The molecular weight excluding hydrogens is 428 g/mol. The standard InChI is InChI=1S/C24H46N2O7/c1-10-32-18(29)23(12-11-13-27)16-21(6,7)25(31)22(8,9)24(23,30)33-26-19(2,3)14-17(28)15-20(26,4)5/h17,27-28,30-31H,10-16H2,1-9H3. The lowest BCUT2D eigenvalue weighted by Crippen LogP contribution is -2.81. The molecule has 0 aromatic heterocycles. The number of aliphatic hydroxyl groups excluding tert-OH is 2. The third kappa shape index (κ3) is 4.58. The van der Waals surface area contributed by atoms with Crippen LogP contribution in [0.1, 0.15) is 94.4 Å². The fourth-order valence-electron chi connectivity index (χ4n) is 6.43. The summed E-state index contributed by atoms with van der Waals surface area (Å²) < 4.78 is 5.49. The van der Waals surface area contributed by atoms with E-state index in [0.717, 1.165) is 5.06 Å². The lowest BCUT2D eigenvalue weighted by atomic mass is 9.58.